The average Bonchev–Trinajstić information content (AvgIpc) is 2.18. The molecule has 3 nitrogen and oxygen atoms in total. The summed E-state index contributed by atoms with van der Waals surface area (Å²) in [5, 5.41) is 7.29. The largest absolute Gasteiger partial charge is 0.478 e. The van der Waals surface area contributed by atoms with E-state index in [4.69, 9.17) is 21.4 Å². The summed E-state index contributed by atoms with van der Waals surface area (Å²) in [6.45, 7) is 0.340. The SMILES string of the molecule is O=C(O)C1(Cl)OCCc2ccccc21. The first-order chi connectivity index (χ1) is 6.64. The fourth-order valence-corrected chi connectivity index (χ4v) is 1.87. The second-order valence-corrected chi connectivity index (χ2v) is 3.69. The summed E-state index contributed by atoms with van der Waals surface area (Å²) in [6.07, 6.45) is 0.706. The zero-order valence-electron chi connectivity index (χ0n) is 7.37. The van der Waals surface area contributed by atoms with E-state index in [2.05, 4.69) is 0 Å². The number of ether oxygens (including phenoxy) is 1. The molecule has 1 aliphatic rings. The lowest BCUT2D eigenvalue weighted by Gasteiger charge is -2.29. The fraction of sp³-hybridized carbons (Fsp3) is 0.300. The highest BCUT2D eigenvalue weighted by Crippen LogP contribution is 2.36. The Hall–Kier alpha value is -1.06. The second kappa shape index (κ2) is 3.26. The molecule has 0 spiro atoms. The van der Waals surface area contributed by atoms with E-state index < -0.39 is 11.0 Å². The molecule has 1 atom stereocenters. The highest BCUT2D eigenvalue weighted by molar-refractivity contribution is 6.32. The van der Waals surface area contributed by atoms with E-state index in [-0.39, 0.29) is 0 Å². The first kappa shape index (κ1) is 9.49. The van der Waals surface area contributed by atoms with Gasteiger partial charge in [-0.1, -0.05) is 35.9 Å². The summed E-state index contributed by atoms with van der Waals surface area (Å²) in [6, 6.07) is 7.18. The second-order valence-electron chi connectivity index (χ2n) is 3.16. The van der Waals surface area contributed by atoms with Gasteiger partial charge in [0.1, 0.15) is 0 Å². The molecule has 2 rings (SSSR count). The van der Waals surface area contributed by atoms with Crippen molar-refractivity contribution in [2.75, 3.05) is 6.61 Å². The number of benzene rings is 1. The maximum atomic E-state index is 11.0. The van der Waals surface area contributed by atoms with Crippen LogP contribution in [0.25, 0.3) is 0 Å². The molecule has 1 aromatic carbocycles. The maximum absolute atomic E-state index is 11.0. The lowest BCUT2D eigenvalue weighted by atomic mass is 9.97. The molecule has 14 heavy (non-hydrogen) atoms. The Morgan fingerprint density at radius 1 is 1.50 bits per heavy atom. The summed E-state index contributed by atoms with van der Waals surface area (Å²) in [4.78, 5) is 11.0. The van der Waals surface area contributed by atoms with Gasteiger partial charge >= 0.3 is 5.97 Å². The van der Waals surface area contributed by atoms with Gasteiger partial charge in [-0.2, -0.15) is 0 Å². The number of fused-ring (bicyclic) bond motifs is 1. The number of hydrogen-bond acceptors (Lipinski definition) is 2. The molecule has 0 bridgehead atoms. The molecule has 74 valence electrons. The smallest absolute Gasteiger partial charge is 0.356 e. The molecule has 0 saturated heterocycles. The van der Waals surface area contributed by atoms with Crippen molar-refractivity contribution in [1.29, 1.82) is 0 Å². The number of carboxylic acid groups (broad SMARTS) is 1. The summed E-state index contributed by atoms with van der Waals surface area (Å²) in [5.41, 5.74) is 1.48. The number of alkyl halides is 1. The van der Waals surface area contributed by atoms with Gasteiger partial charge in [0.05, 0.1) is 6.61 Å². The molecule has 1 unspecified atom stereocenters. The molecule has 1 heterocycles. The third-order valence-electron chi connectivity index (χ3n) is 2.31. The normalized spacial score (nSPS) is 25.5. The van der Waals surface area contributed by atoms with Crippen molar-refractivity contribution in [2.24, 2.45) is 0 Å². The third-order valence-corrected chi connectivity index (χ3v) is 2.79. The summed E-state index contributed by atoms with van der Waals surface area (Å²) in [5.74, 6) is -1.16. The van der Waals surface area contributed by atoms with Crippen LogP contribution in [0.1, 0.15) is 11.1 Å². The number of carboxylic acids is 1. The first-order valence-electron chi connectivity index (χ1n) is 4.29. The Bertz CT molecular complexity index is 377. The maximum Gasteiger partial charge on any atom is 0.356 e. The zero-order valence-corrected chi connectivity index (χ0v) is 8.12. The summed E-state index contributed by atoms with van der Waals surface area (Å²) >= 11 is 5.92. The van der Waals surface area contributed by atoms with E-state index in [1.54, 1.807) is 12.1 Å². The van der Waals surface area contributed by atoms with Gasteiger partial charge in [0.2, 0.25) is 0 Å². The van der Waals surface area contributed by atoms with Crippen LogP contribution >= 0.6 is 11.6 Å². The lowest BCUT2D eigenvalue weighted by Crippen LogP contribution is -2.37. The predicted octanol–water partition coefficient (Wildman–Crippen LogP) is 1.74. The van der Waals surface area contributed by atoms with Gasteiger partial charge in [-0.15, -0.1) is 0 Å². The van der Waals surface area contributed by atoms with Crippen molar-refractivity contribution in [3.8, 4) is 0 Å². The molecule has 4 heteroatoms. The zero-order chi connectivity index (χ0) is 10.2. The Morgan fingerprint density at radius 2 is 2.21 bits per heavy atom. The molecule has 0 aromatic heterocycles. The summed E-state index contributed by atoms with van der Waals surface area (Å²) in [7, 11) is 0. The van der Waals surface area contributed by atoms with Crippen molar-refractivity contribution in [3.05, 3.63) is 35.4 Å². The van der Waals surface area contributed by atoms with Gasteiger partial charge in [-0.3, -0.25) is 0 Å². The van der Waals surface area contributed by atoms with Crippen LogP contribution in [0.4, 0.5) is 0 Å². The minimum Gasteiger partial charge on any atom is -0.478 e. The van der Waals surface area contributed by atoms with Crippen LogP contribution < -0.4 is 0 Å². The molecule has 1 N–H and O–H groups in total. The van der Waals surface area contributed by atoms with Gasteiger partial charge < -0.3 is 9.84 Å². The average molecular weight is 213 g/mol. The number of rotatable bonds is 1. The van der Waals surface area contributed by atoms with Crippen molar-refractivity contribution in [3.63, 3.8) is 0 Å². The molecule has 0 saturated carbocycles. The van der Waals surface area contributed by atoms with E-state index in [0.717, 1.165) is 5.56 Å². The highest BCUT2D eigenvalue weighted by atomic mass is 35.5. The summed E-state index contributed by atoms with van der Waals surface area (Å²) < 4.78 is 5.12. The lowest BCUT2D eigenvalue weighted by molar-refractivity contribution is -0.157. The van der Waals surface area contributed by atoms with Crippen molar-refractivity contribution >= 4 is 17.6 Å². The van der Waals surface area contributed by atoms with Gasteiger partial charge in [-0.05, 0) is 12.0 Å². The van der Waals surface area contributed by atoms with Crippen LogP contribution in [0.5, 0.6) is 0 Å². The number of halogens is 1. The standard InChI is InChI=1S/C10H9ClO3/c11-10(9(12)13)8-4-2-1-3-7(8)5-6-14-10/h1-4H,5-6H2,(H,12,13). The molecule has 1 aromatic rings. The molecular formula is C10H9ClO3. The van der Waals surface area contributed by atoms with Crippen LogP contribution in [0.2, 0.25) is 0 Å². The van der Waals surface area contributed by atoms with E-state index in [1.165, 1.54) is 0 Å². The Morgan fingerprint density at radius 3 is 2.93 bits per heavy atom. The van der Waals surface area contributed by atoms with E-state index >= 15 is 0 Å². The highest BCUT2D eigenvalue weighted by Gasteiger charge is 2.43. The quantitative estimate of drug-likeness (QED) is 0.722. The Balaban J connectivity index is 2.55. The van der Waals surface area contributed by atoms with Crippen molar-refractivity contribution in [2.45, 2.75) is 11.5 Å². The fourth-order valence-electron chi connectivity index (χ4n) is 1.61. The van der Waals surface area contributed by atoms with E-state index in [0.29, 0.717) is 18.6 Å². The monoisotopic (exact) mass is 212 g/mol. The van der Waals surface area contributed by atoms with Crippen LogP contribution in [-0.2, 0) is 21.0 Å². The van der Waals surface area contributed by atoms with Crippen LogP contribution in [0.15, 0.2) is 24.3 Å². The molecule has 0 aliphatic carbocycles. The number of aliphatic carboxylic acids is 1. The molecule has 0 radical (unpaired) electrons. The van der Waals surface area contributed by atoms with Gasteiger partial charge in [0.25, 0.3) is 5.06 Å². The van der Waals surface area contributed by atoms with Crippen LogP contribution in [-0.4, -0.2) is 17.7 Å². The van der Waals surface area contributed by atoms with Gasteiger partial charge in [-0.25, -0.2) is 4.79 Å². The first-order valence-corrected chi connectivity index (χ1v) is 4.67. The molecule has 0 fully saturated rings. The molecular weight excluding hydrogens is 204 g/mol. The van der Waals surface area contributed by atoms with Gasteiger partial charge in [0.15, 0.2) is 0 Å². The van der Waals surface area contributed by atoms with E-state index in [9.17, 15) is 4.79 Å². The Labute approximate surface area is 86.3 Å². The Kier molecular flexibility index (Phi) is 2.21. The minimum atomic E-state index is -1.70. The minimum absolute atomic E-state index is 0.340. The topological polar surface area (TPSA) is 46.5 Å². The van der Waals surface area contributed by atoms with Crippen molar-refractivity contribution < 1.29 is 14.6 Å². The van der Waals surface area contributed by atoms with Crippen molar-refractivity contribution in [1.82, 2.24) is 0 Å². The van der Waals surface area contributed by atoms with Gasteiger partial charge in [0, 0.05) is 5.56 Å². The van der Waals surface area contributed by atoms with Crippen LogP contribution in [0, 0.1) is 0 Å². The third kappa shape index (κ3) is 1.29. The number of carbonyl (C=O) groups is 1. The predicted molar refractivity (Wildman–Crippen MR) is 51.3 cm³/mol. The number of hydrogen-bond donors (Lipinski definition) is 1. The van der Waals surface area contributed by atoms with Crippen LogP contribution in [0.3, 0.4) is 0 Å². The van der Waals surface area contributed by atoms with E-state index in [1.807, 2.05) is 12.1 Å². The molecule has 1 aliphatic heterocycles. The molecule has 0 amide bonds.